The van der Waals surface area contributed by atoms with E-state index in [1.807, 2.05) is 29.2 Å². The number of carbonyl (C=O) groups excluding carboxylic acids is 1. The number of rotatable bonds is 5. The molecule has 7 heteroatoms. The summed E-state index contributed by atoms with van der Waals surface area (Å²) in [5, 5.41) is 3.93. The molecule has 26 heavy (non-hydrogen) atoms. The van der Waals surface area contributed by atoms with Crippen molar-refractivity contribution in [2.24, 2.45) is 0 Å². The molecule has 2 heterocycles. The number of nitrogens with zero attached hydrogens (tertiary/aromatic N) is 4. The van der Waals surface area contributed by atoms with Crippen LogP contribution in [0.1, 0.15) is 30.6 Å². The molecule has 1 amide bonds. The molecule has 2 aromatic rings. The van der Waals surface area contributed by atoms with Crippen LogP contribution < -0.4 is 10.2 Å². The van der Waals surface area contributed by atoms with Crippen molar-refractivity contribution >= 4 is 29.1 Å². The molecule has 1 aliphatic rings. The van der Waals surface area contributed by atoms with Crippen LogP contribution in [-0.4, -0.2) is 53.0 Å². The third-order valence-electron chi connectivity index (χ3n) is 4.63. The van der Waals surface area contributed by atoms with Crippen LogP contribution in [0.4, 0.5) is 11.6 Å². The van der Waals surface area contributed by atoms with Crippen molar-refractivity contribution in [3.8, 4) is 0 Å². The number of carbonyl (C=O) groups is 1. The van der Waals surface area contributed by atoms with Crippen LogP contribution in [0.25, 0.3) is 0 Å². The molecule has 0 aliphatic carbocycles. The van der Waals surface area contributed by atoms with Crippen LogP contribution in [-0.2, 0) is 0 Å². The van der Waals surface area contributed by atoms with Gasteiger partial charge in [-0.05, 0) is 31.5 Å². The van der Waals surface area contributed by atoms with E-state index in [-0.39, 0.29) is 5.91 Å². The van der Waals surface area contributed by atoms with Crippen molar-refractivity contribution in [2.45, 2.75) is 26.3 Å². The lowest BCUT2D eigenvalue weighted by molar-refractivity contribution is 0.0746. The Labute approximate surface area is 159 Å². The molecule has 1 aromatic heterocycles. The molecule has 0 radical (unpaired) electrons. The summed E-state index contributed by atoms with van der Waals surface area (Å²) in [6.45, 7) is 7.05. The van der Waals surface area contributed by atoms with Gasteiger partial charge >= 0.3 is 0 Å². The lowest BCUT2D eigenvalue weighted by Crippen LogP contribution is -2.48. The SMILES string of the molecule is CCC(C)Nc1ncc(C(=O)N2CCN(c3cccc(Cl)c3)CC2)cn1. The number of piperazine rings is 1. The number of anilines is 2. The Hall–Kier alpha value is -2.34. The van der Waals surface area contributed by atoms with Crippen LogP contribution in [0.2, 0.25) is 5.02 Å². The van der Waals surface area contributed by atoms with Gasteiger partial charge in [-0.3, -0.25) is 4.79 Å². The predicted octanol–water partition coefficient (Wildman–Crippen LogP) is 3.30. The zero-order valence-electron chi connectivity index (χ0n) is 15.2. The highest BCUT2D eigenvalue weighted by atomic mass is 35.5. The predicted molar refractivity (Wildman–Crippen MR) is 105 cm³/mol. The van der Waals surface area contributed by atoms with Crippen molar-refractivity contribution in [3.63, 3.8) is 0 Å². The maximum absolute atomic E-state index is 12.7. The van der Waals surface area contributed by atoms with Crippen molar-refractivity contribution < 1.29 is 4.79 Å². The van der Waals surface area contributed by atoms with Crippen LogP contribution in [0.5, 0.6) is 0 Å². The third-order valence-corrected chi connectivity index (χ3v) is 4.86. The van der Waals surface area contributed by atoms with Gasteiger partial charge in [-0.2, -0.15) is 0 Å². The van der Waals surface area contributed by atoms with Gasteiger partial charge < -0.3 is 15.1 Å². The van der Waals surface area contributed by atoms with E-state index in [0.29, 0.717) is 30.6 Å². The second-order valence-electron chi connectivity index (χ2n) is 6.51. The van der Waals surface area contributed by atoms with Crippen LogP contribution in [0.15, 0.2) is 36.7 Å². The summed E-state index contributed by atoms with van der Waals surface area (Å²) in [7, 11) is 0. The van der Waals surface area contributed by atoms with Crippen LogP contribution in [0.3, 0.4) is 0 Å². The molecule has 1 fully saturated rings. The van der Waals surface area contributed by atoms with E-state index in [2.05, 4.69) is 34.0 Å². The summed E-state index contributed by atoms with van der Waals surface area (Å²) in [6.07, 6.45) is 4.19. The van der Waals surface area contributed by atoms with E-state index in [0.717, 1.165) is 30.2 Å². The molecule has 1 saturated heterocycles. The molecule has 1 aliphatic heterocycles. The highest BCUT2D eigenvalue weighted by Crippen LogP contribution is 2.21. The Morgan fingerprint density at radius 2 is 1.92 bits per heavy atom. The summed E-state index contributed by atoms with van der Waals surface area (Å²) in [4.78, 5) is 25.3. The fourth-order valence-electron chi connectivity index (χ4n) is 2.86. The summed E-state index contributed by atoms with van der Waals surface area (Å²) in [5.41, 5.74) is 1.62. The van der Waals surface area contributed by atoms with E-state index in [4.69, 9.17) is 11.6 Å². The Morgan fingerprint density at radius 3 is 2.54 bits per heavy atom. The van der Waals surface area contributed by atoms with E-state index in [1.165, 1.54) is 0 Å². The second kappa shape index (κ2) is 8.36. The van der Waals surface area contributed by atoms with Gasteiger partial charge in [-0.15, -0.1) is 0 Å². The minimum absolute atomic E-state index is 0.0224. The standard InChI is InChI=1S/C19H24ClN5O/c1-3-14(2)23-19-21-12-15(13-22-19)18(26)25-9-7-24(8-10-25)17-6-4-5-16(20)11-17/h4-6,11-14H,3,7-10H2,1-2H3,(H,21,22,23). The molecule has 3 rings (SSSR count). The first kappa shape index (κ1) is 18.5. The van der Waals surface area contributed by atoms with Gasteiger partial charge in [0.15, 0.2) is 0 Å². The third kappa shape index (κ3) is 4.43. The first-order chi connectivity index (χ1) is 12.6. The molecule has 1 aromatic carbocycles. The molecule has 6 nitrogen and oxygen atoms in total. The Bertz CT molecular complexity index is 744. The maximum Gasteiger partial charge on any atom is 0.257 e. The number of amides is 1. The lowest BCUT2D eigenvalue weighted by Gasteiger charge is -2.36. The van der Waals surface area contributed by atoms with Crippen LogP contribution in [0, 0.1) is 0 Å². The molecule has 0 saturated carbocycles. The Kier molecular flexibility index (Phi) is 5.93. The zero-order chi connectivity index (χ0) is 18.5. The second-order valence-corrected chi connectivity index (χ2v) is 6.94. The number of nitrogens with one attached hydrogen (secondary N) is 1. The van der Waals surface area contributed by atoms with Gasteiger partial charge in [-0.1, -0.05) is 24.6 Å². The van der Waals surface area contributed by atoms with Gasteiger partial charge in [0.1, 0.15) is 0 Å². The fourth-order valence-corrected chi connectivity index (χ4v) is 3.04. The summed E-state index contributed by atoms with van der Waals surface area (Å²) >= 11 is 6.07. The first-order valence-electron chi connectivity index (χ1n) is 8.95. The molecule has 1 N–H and O–H groups in total. The van der Waals surface area contributed by atoms with E-state index < -0.39 is 0 Å². The molecule has 1 atom stereocenters. The summed E-state index contributed by atoms with van der Waals surface area (Å²) < 4.78 is 0. The van der Waals surface area contributed by atoms with Gasteiger partial charge in [0.25, 0.3) is 5.91 Å². The topological polar surface area (TPSA) is 61.4 Å². The largest absolute Gasteiger partial charge is 0.368 e. The number of halogens is 1. The van der Waals surface area contributed by atoms with E-state index in [1.54, 1.807) is 12.4 Å². The first-order valence-corrected chi connectivity index (χ1v) is 9.33. The lowest BCUT2D eigenvalue weighted by atomic mass is 10.2. The van der Waals surface area contributed by atoms with Crippen molar-refractivity contribution in [3.05, 3.63) is 47.2 Å². The monoisotopic (exact) mass is 373 g/mol. The summed E-state index contributed by atoms with van der Waals surface area (Å²) in [6, 6.07) is 8.11. The van der Waals surface area contributed by atoms with Crippen molar-refractivity contribution in [2.75, 3.05) is 36.4 Å². The minimum Gasteiger partial charge on any atom is -0.368 e. The highest BCUT2D eigenvalue weighted by Gasteiger charge is 2.23. The Balaban J connectivity index is 1.58. The smallest absolute Gasteiger partial charge is 0.257 e. The number of aromatic nitrogens is 2. The quantitative estimate of drug-likeness (QED) is 0.871. The molecular weight excluding hydrogens is 350 g/mol. The molecule has 0 bridgehead atoms. The Morgan fingerprint density at radius 1 is 1.23 bits per heavy atom. The number of hydrogen-bond donors (Lipinski definition) is 1. The van der Waals surface area contributed by atoms with Crippen molar-refractivity contribution in [1.82, 2.24) is 14.9 Å². The van der Waals surface area contributed by atoms with Crippen molar-refractivity contribution in [1.29, 1.82) is 0 Å². The summed E-state index contributed by atoms with van der Waals surface area (Å²) in [5.74, 6) is 0.535. The van der Waals surface area contributed by atoms with Gasteiger partial charge in [0.2, 0.25) is 5.95 Å². The van der Waals surface area contributed by atoms with Gasteiger partial charge in [0, 0.05) is 55.3 Å². The van der Waals surface area contributed by atoms with Crippen LogP contribution >= 0.6 is 11.6 Å². The fraction of sp³-hybridized carbons (Fsp3) is 0.421. The van der Waals surface area contributed by atoms with E-state index >= 15 is 0 Å². The number of hydrogen-bond acceptors (Lipinski definition) is 5. The minimum atomic E-state index is -0.0224. The zero-order valence-corrected chi connectivity index (χ0v) is 15.9. The normalized spacial score (nSPS) is 15.7. The van der Waals surface area contributed by atoms with E-state index in [9.17, 15) is 4.79 Å². The van der Waals surface area contributed by atoms with Gasteiger partial charge in [0.05, 0.1) is 5.56 Å². The maximum atomic E-state index is 12.7. The molecule has 1 unspecified atom stereocenters. The van der Waals surface area contributed by atoms with Gasteiger partial charge in [-0.25, -0.2) is 9.97 Å². The number of benzene rings is 1. The average Bonchev–Trinajstić information content (AvgIpc) is 2.68. The molecule has 0 spiro atoms. The highest BCUT2D eigenvalue weighted by molar-refractivity contribution is 6.30. The molecular formula is C19H24ClN5O. The average molecular weight is 374 g/mol. The molecule has 138 valence electrons.